The third-order valence-electron chi connectivity index (χ3n) is 4.10. The quantitative estimate of drug-likeness (QED) is 0.393. The van der Waals surface area contributed by atoms with Crippen molar-refractivity contribution in [3.63, 3.8) is 0 Å². The molecule has 1 aliphatic heterocycles. The molecule has 0 spiro atoms. The lowest BCUT2D eigenvalue weighted by atomic mass is 9.94. The second kappa shape index (κ2) is 10.4. The average molecular weight is 268 g/mol. The summed E-state index contributed by atoms with van der Waals surface area (Å²) in [6, 6.07) is 0. The Hall–Kier alpha value is -0.340. The number of rotatable bonds is 11. The predicted octanol–water partition coefficient (Wildman–Crippen LogP) is 4.88. The van der Waals surface area contributed by atoms with Crippen molar-refractivity contribution < 1.29 is 9.47 Å². The van der Waals surface area contributed by atoms with Crippen LogP contribution in [0.15, 0.2) is 12.7 Å². The van der Waals surface area contributed by atoms with Gasteiger partial charge in [0, 0.05) is 32.7 Å². The summed E-state index contributed by atoms with van der Waals surface area (Å²) in [7, 11) is 0. The highest BCUT2D eigenvalue weighted by molar-refractivity contribution is 4.98. The SMILES string of the molecule is C=CC1(OCCCCCCCCCC)CCOCC1. The molecule has 19 heavy (non-hydrogen) atoms. The van der Waals surface area contributed by atoms with E-state index in [0.717, 1.165) is 32.7 Å². The second-order valence-electron chi connectivity index (χ2n) is 5.70. The van der Waals surface area contributed by atoms with Gasteiger partial charge in [0.15, 0.2) is 0 Å². The Morgan fingerprint density at radius 2 is 1.58 bits per heavy atom. The predicted molar refractivity (Wildman–Crippen MR) is 81.5 cm³/mol. The summed E-state index contributed by atoms with van der Waals surface area (Å²) in [4.78, 5) is 0. The topological polar surface area (TPSA) is 18.5 Å². The molecule has 0 aromatic carbocycles. The maximum Gasteiger partial charge on any atom is 0.0903 e. The molecule has 0 N–H and O–H groups in total. The van der Waals surface area contributed by atoms with E-state index in [1.807, 2.05) is 6.08 Å². The zero-order valence-corrected chi connectivity index (χ0v) is 12.8. The smallest absolute Gasteiger partial charge is 0.0903 e. The molecule has 1 fully saturated rings. The van der Waals surface area contributed by atoms with E-state index in [-0.39, 0.29) is 5.60 Å². The van der Waals surface area contributed by atoms with Crippen molar-refractivity contribution in [1.82, 2.24) is 0 Å². The number of unbranched alkanes of at least 4 members (excludes halogenated alkanes) is 7. The fourth-order valence-corrected chi connectivity index (χ4v) is 2.64. The monoisotopic (exact) mass is 268 g/mol. The fourth-order valence-electron chi connectivity index (χ4n) is 2.64. The molecule has 0 aliphatic carbocycles. The summed E-state index contributed by atoms with van der Waals surface area (Å²) in [6.07, 6.45) is 14.7. The van der Waals surface area contributed by atoms with Crippen LogP contribution in [0.4, 0.5) is 0 Å². The summed E-state index contributed by atoms with van der Waals surface area (Å²) in [5, 5.41) is 0. The maximum atomic E-state index is 6.07. The highest BCUT2D eigenvalue weighted by Gasteiger charge is 2.29. The van der Waals surface area contributed by atoms with Crippen molar-refractivity contribution in [2.75, 3.05) is 19.8 Å². The van der Waals surface area contributed by atoms with Gasteiger partial charge in [0.05, 0.1) is 5.60 Å². The van der Waals surface area contributed by atoms with Crippen molar-refractivity contribution in [3.05, 3.63) is 12.7 Å². The first kappa shape index (κ1) is 16.7. The molecule has 2 heteroatoms. The lowest BCUT2D eigenvalue weighted by Gasteiger charge is -2.34. The van der Waals surface area contributed by atoms with Crippen LogP contribution in [0.5, 0.6) is 0 Å². The first-order chi connectivity index (χ1) is 9.33. The zero-order chi connectivity index (χ0) is 13.8. The van der Waals surface area contributed by atoms with Crippen LogP contribution in [0.1, 0.15) is 71.1 Å². The molecular weight excluding hydrogens is 236 g/mol. The number of ether oxygens (including phenoxy) is 2. The molecule has 0 bridgehead atoms. The van der Waals surface area contributed by atoms with Gasteiger partial charge in [-0.2, -0.15) is 0 Å². The highest BCUT2D eigenvalue weighted by Crippen LogP contribution is 2.26. The van der Waals surface area contributed by atoms with Crippen LogP contribution in [0.3, 0.4) is 0 Å². The van der Waals surface area contributed by atoms with Gasteiger partial charge in [0.25, 0.3) is 0 Å². The van der Waals surface area contributed by atoms with Crippen LogP contribution in [0, 0.1) is 0 Å². The van der Waals surface area contributed by atoms with Crippen LogP contribution >= 0.6 is 0 Å². The van der Waals surface area contributed by atoms with Gasteiger partial charge in [-0.25, -0.2) is 0 Å². The largest absolute Gasteiger partial charge is 0.381 e. The van der Waals surface area contributed by atoms with Crippen LogP contribution in [0.2, 0.25) is 0 Å². The molecule has 0 radical (unpaired) electrons. The molecule has 112 valence electrons. The van der Waals surface area contributed by atoms with Gasteiger partial charge in [0.1, 0.15) is 0 Å². The zero-order valence-electron chi connectivity index (χ0n) is 12.8. The minimum absolute atomic E-state index is 0.0978. The Balaban J connectivity index is 1.96. The molecule has 1 rings (SSSR count). The molecular formula is C17H32O2. The van der Waals surface area contributed by atoms with Gasteiger partial charge in [-0.1, -0.05) is 57.9 Å². The highest BCUT2D eigenvalue weighted by atomic mass is 16.5. The van der Waals surface area contributed by atoms with Crippen molar-refractivity contribution >= 4 is 0 Å². The Labute approximate surface area is 119 Å². The van der Waals surface area contributed by atoms with Gasteiger partial charge >= 0.3 is 0 Å². The summed E-state index contributed by atoms with van der Waals surface area (Å²) in [5.41, 5.74) is -0.0978. The van der Waals surface area contributed by atoms with E-state index in [1.54, 1.807) is 0 Å². The van der Waals surface area contributed by atoms with Gasteiger partial charge in [-0.3, -0.25) is 0 Å². The lowest BCUT2D eigenvalue weighted by Crippen LogP contribution is -2.37. The minimum Gasteiger partial charge on any atom is -0.381 e. The first-order valence-electron chi connectivity index (χ1n) is 8.18. The van der Waals surface area contributed by atoms with Crippen molar-refractivity contribution in [1.29, 1.82) is 0 Å². The molecule has 0 aromatic heterocycles. The van der Waals surface area contributed by atoms with E-state index >= 15 is 0 Å². The van der Waals surface area contributed by atoms with Gasteiger partial charge in [0.2, 0.25) is 0 Å². The molecule has 0 aromatic rings. The molecule has 0 amide bonds. The summed E-state index contributed by atoms with van der Waals surface area (Å²) in [5.74, 6) is 0. The minimum atomic E-state index is -0.0978. The van der Waals surface area contributed by atoms with Crippen molar-refractivity contribution in [2.45, 2.75) is 76.7 Å². The van der Waals surface area contributed by atoms with Gasteiger partial charge < -0.3 is 9.47 Å². The van der Waals surface area contributed by atoms with Gasteiger partial charge in [-0.15, -0.1) is 6.58 Å². The van der Waals surface area contributed by atoms with E-state index in [9.17, 15) is 0 Å². The molecule has 0 atom stereocenters. The summed E-state index contributed by atoms with van der Waals surface area (Å²) in [6.45, 7) is 8.69. The van der Waals surface area contributed by atoms with Crippen molar-refractivity contribution in [2.24, 2.45) is 0 Å². The third kappa shape index (κ3) is 7.12. The van der Waals surface area contributed by atoms with E-state index in [0.29, 0.717) is 0 Å². The molecule has 2 nitrogen and oxygen atoms in total. The molecule has 0 saturated carbocycles. The Bertz CT molecular complexity index is 219. The molecule has 0 unspecified atom stereocenters. The molecule has 1 aliphatic rings. The maximum absolute atomic E-state index is 6.07. The Kier molecular flexibility index (Phi) is 9.19. The molecule has 1 heterocycles. The van der Waals surface area contributed by atoms with Crippen LogP contribution in [-0.2, 0) is 9.47 Å². The van der Waals surface area contributed by atoms with Gasteiger partial charge in [-0.05, 0) is 6.42 Å². The lowest BCUT2D eigenvalue weighted by molar-refractivity contribution is -0.0812. The van der Waals surface area contributed by atoms with E-state index in [1.165, 1.54) is 51.4 Å². The van der Waals surface area contributed by atoms with Crippen LogP contribution < -0.4 is 0 Å². The van der Waals surface area contributed by atoms with E-state index in [4.69, 9.17) is 9.47 Å². The first-order valence-corrected chi connectivity index (χ1v) is 8.18. The fraction of sp³-hybridized carbons (Fsp3) is 0.882. The Morgan fingerprint density at radius 3 is 2.16 bits per heavy atom. The third-order valence-corrected chi connectivity index (χ3v) is 4.10. The van der Waals surface area contributed by atoms with E-state index < -0.39 is 0 Å². The summed E-state index contributed by atoms with van der Waals surface area (Å²) >= 11 is 0. The average Bonchev–Trinajstić information content (AvgIpc) is 2.46. The number of hydrogen-bond donors (Lipinski definition) is 0. The second-order valence-corrected chi connectivity index (χ2v) is 5.70. The van der Waals surface area contributed by atoms with E-state index in [2.05, 4.69) is 13.5 Å². The van der Waals surface area contributed by atoms with Crippen molar-refractivity contribution in [3.8, 4) is 0 Å². The summed E-state index contributed by atoms with van der Waals surface area (Å²) < 4.78 is 11.5. The number of hydrogen-bond acceptors (Lipinski definition) is 2. The van der Waals surface area contributed by atoms with Crippen LogP contribution in [0.25, 0.3) is 0 Å². The molecule has 1 saturated heterocycles. The standard InChI is InChI=1S/C17H32O2/c1-3-5-6-7-8-9-10-11-14-19-17(4-2)12-15-18-16-13-17/h4H,2-3,5-16H2,1H3. The Morgan fingerprint density at radius 1 is 1.00 bits per heavy atom. The van der Waals surface area contributed by atoms with Crippen LogP contribution in [-0.4, -0.2) is 25.4 Å². The normalized spacial score (nSPS) is 18.4.